The number of rotatable bonds is 4. The molecule has 192 valence electrons. The van der Waals surface area contributed by atoms with Gasteiger partial charge in [-0.3, -0.25) is 0 Å². The maximum Gasteiger partial charge on any atom is 0.164 e. The number of benzene rings is 6. The van der Waals surface area contributed by atoms with Crippen LogP contribution in [-0.2, 0) is 0 Å². The second kappa shape index (κ2) is 9.54. The SMILES string of the molecule is c1ccc(-c2cc(-c3nc(-c4ccccc4)nc(-c4ccccc4)n3)c3c(c2)oc2c4ccccc4ccc23)cc1. The highest BCUT2D eigenvalue weighted by molar-refractivity contribution is 6.19. The van der Waals surface area contributed by atoms with Gasteiger partial charge in [-0.15, -0.1) is 0 Å². The van der Waals surface area contributed by atoms with E-state index < -0.39 is 0 Å². The summed E-state index contributed by atoms with van der Waals surface area (Å²) in [5.41, 5.74) is 6.59. The van der Waals surface area contributed by atoms with Crippen molar-refractivity contribution >= 4 is 32.7 Å². The van der Waals surface area contributed by atoms with E-state index >= 15 is 0 Å². The van der Waals surface area contributed by atoms with Crippen LogP contribution in [0.25, 0.3) is 78.0 Å². The van der Waals surface area contributed by atoms with Gasteiger partial charge in [0.1, 0.15) is 11.2 Å². The predicted octanol–water partition coefficient (Wildman–Crippen LogP) is 9.59. The molecule has 0 amide bonds. The normalized spacial score (nSPS) is 11.4. The third-order valence-corrected chi connectivity index (χ3v) is 7.51. The number of hydrogen-bond donors (Lipinski definition) is 0. The molecule has 8 rings (SSSR count). The molecule has 8 aromatic rings. The molecule has 4 nitrogen and oxygen atoms in total. The second-order valence-corrected chi connectivity index (χ2v) is 10.1. The Labute approximate surface area is 236 Å². The van der Waals surface area contributed by atoms with Crippen molar-refractivity contribution in [1.82, 2.24) is 15.0 Å². The Bertz CT molecular complexity index is 2130. The first-order valence-electron chi connectivity index (χ1n) is 13.6. The Balaban J connectivity index is 1.48. The number of nitrogens with zero attached hydrogens (tertiary/aromatic N) is 3. The maximum absolute atomic E-state index is 6.65. The molecule has 0 bridgehead atoms. The van der Waals surface area contributed by atoms with Gasteiger partial charge in [0.25, 0.3) is 0 Å². The quantitative estimate of drug-likeness (QED) is 0.230. The molecule has 0 aliphatic rings. The molecule has 4 heteroatoms. The summed E-state index contributed by atoms with van der Waals surface area (Å²) in [5, 5.41) is 4.26. The van der Waals surface area contributed by atoms with Crippen molar-refractivity contribution in [3.05, 3.63) is 140 Å². The molecule has 41 heavy (non-hydrogen) atoms. The molecule has 0 spiro atoms. The average molecular weight is 526 g/mol. The van der Waals surface area contributed by atoms with E-state index in [4.69, 9.17) is 19.4 Å². The summed E-state index contributed by atoms with van der Waals surface area (Å²) in [7, 11) is 0. The van der Waals surface area contributed by atoms with Crippen LogP contribution in [0.15, 0.2) is 144 Å². The lowest BCUT2D eigenvalue weighted by Crippen LogP contribution is -2.00. The lowest BCUT2D eigenvalue weighted by atomic mass is 9.97. The zero-order valence-corrected chi connectivity index (χ0v) is 22.0. The highest BCUT2D eigenvalue weighted by atomic mass is 16.3. The van der Waals surface area contributed by atoms with Crippen molar-refractivity contribution in [3.63, 3.8) is 0 Å². The van der Waals surface area contributed by atoms with E-state index in [0.717, 1.165) is 60.5 Å². The Morgan fingerprint density at radius 2 is 0.976 bits per heavy atom. The molecule has 6 aromatic carbocycles. The molecule has 0 N–H and O–H groups in total. The fraction of sp³-hybridized carbons (Fsp3) is 0. The van der Waals surface area contributed by atoms with Crippen LogP contribution in [0.4, 0.5) is 0 Å². The van der Waals surface area contributed by atoms with Gasteiger partial charge in [0, 0.05) is 32.8 Å². The smallest absolute Gasteiger partial charge is 0.164 e. The van der Waals surface area contributed by atoms with E-state index in [1.165, 1.54) is 0 Å². The lowest BCUT2D eigenvalue weighted by molar-refractivity contribution is 0.673. The molecular weight excluding hydrogens is 502 g/mol. The van der Waals surface area contributed by atoms with E-state index in [1.807, 2.05) is 66.7 Å². The lowest BCUT2D eigenvalue weighted by Gasteiger charge is -2.11. The van der Waals surface area contributed by atoms with Crippen molar-refractivity contribution in [3.8, 4) is 45.3 Å². The van der Waals surface area contributed by atoms with Crippen molar-refractivity contribution in [2.45, 2.75) is 0 Å². The Morgan fingerprint density at radius 1 is 0.415 bits per heavy atom. The Morgan fingerprint density at radius 3 is 1.63 bits per heavy atom. The van der Waals surface area contributed by atoms with Crippen LogP contribution in [0.3, 0.4) is 0 Å². The molecule has 0 unspecified atom stereocenters. The zero-order chi connectivity index (χ0) is 27.2. The molecule has 2 aromatic heterocycles. The summed E-state index contributed by atoms with van der Waals surface area (Å²) in [6.45, 7) is 0. The van der Waals surface area contributed by atoms with Crippen LogP contribution in [0.2, 0.25) is 0 Å². The van der Waals surface area contributed by atoms with E-state index in [9.17, 15) is 0 Å². The summed E-state index contributed by atoms with van der Waals surface area (Å²) in [6, 6.07) is 47.4. The third kappa shape index (κ3) is 4.05. The molecule has 0 saturated heterocycles. The number of hydrogen-bond acceptors (Lipinski definition) is 4. The standard InChI is InChI=1S/C37H23N3O/c1-4-12-24(13-5-1)28-22-31(33-30-21-20-25-14-10-11-19-29(25)34(30)41-32(33)23-28)37-39-35(26-15-6-2-7-16-26)38-36(40-37)27-17-8-3-9-18-27/h1-23H. The molecule has 0 radical (unpaired) electrons. The van der Waals surface area contributed by atoms with Crippen molar-refractivity contribution < 1.29 is 4.42 Å². The van der Waals surface area contributed by atoms with Crippen LogP contribution in [-0.4, -0.2) is 15.0 Å². The van der Waals surface area contributed by atoms with Crippen LogP contribution >= 0.6 is 0 Å². The Hall–Kier alpha value is -5.61. The number of fused-ring (bicyclic) bond motifs is 5. The molecule has 0 fully saturated rings. The molecule has 2 heterocycles. The van der Waals surface area contributed by atoms with Gasteiger partial charge < -0.3 is 4.42 Å². The average Bonchev–Trinajstić information content (AvgIpc) is 3.44. The summed E-state index contributed by atoms with van der Waals surface area (Å²) >= 11 is 0. The van der Waals surface area contributed by atoms with Gasteiger partial charge in [0.15, 0.2) is 17.5 Å². The van der Waals surface area contributed by atoms with Gasteiger partial charge in [0.2, 0.25) is 0 Å². The first-order chi connectivity index (χ1) is 20.3. The zero-order valence-electron chi connectivity index (χ0n) is 22.0. The van der Waals surface area contributed by atoms with Crippen LogP contribution in [0, 0.1) is 0 Å². The summed E-state index contributed by atoms with van der Waals surface area (Å²) < 4.78 is 6.65. The van der Waals surface area contributed by atoms with E-state index in [2.05, 4.69) is 72.8 Å². The molecular formula is C37H23N3O. The van der Waals surface area contributed by atoms with Gasteiger partial charge in [-0.05, 0) is 34.7 Å². The summed E-state index contributed by atoms with van der Waals surface area (Å²) in [4.78, 5) is 15.0. The van der Waals surface area contributed by atoms with Crippen LogP contribution in [0.1, 0.15) is 0 Å². The molecule has 0 aliphatic heterocycles. The van der Waals surface area contributed by atoms with Gasteiger partial charge in [-0.1, -0.05) is 121 Å². The van der Waals surface area contributed by atoms with Gasteiger partial charge in [-0.2, -0.15) is 0 Å². The highest BCUT2D eigenvalue weighted by Crippen LogP contribution is 2.41. The monoisotopic (exact) mass is 525 g/mol. The van der Waals surface area contributed by atoms with Crippen LogP contribution < -0.4 is 0 Å². The first kappa shape index (κ1) is 23.3. The van der Waals surface area contributed by atoms with Crippen molar-refractivity contribution in [2.75, 3.05) is 0 Å². The highest BCUT2D eigenvalue weighted by Gasteiger charge is 2.20. The van der Waals surface area contributed by atoms with Gasteiger partial charge >= 0.3 is 0 Å². The Kier molecular flexibility index (Phi) is 5.42. The third-order valence-electron chi connectivity index (χ3n) is 7.51. The van der Waals surface area contributed by atoms with E-state index in [1.54, 1.807) is 0 Å². The fourth-order valence-electron chi connectivity index (χ4n) is 5.54. The maximum atomic E-state index is 6.65. The minimum absolute atomic E-state index is 0.608. The number of furan rings is 1. The molecule has 0 atom stereocenters. The molecule has 0 aliphatic carbocycles. The van der Waals surface area contributed by atoms with Gasteiger partial charge in [0.05, 0.1) is 0 Å². The summed E-state index contributed by atoms with van der Waals surface area (Å²) in [5.74, 6) is 1.87. The van der Waals surface area contributed by atoms with E-state index in [0.29, 0.717) is 17.5 Å². The van der Waals surface area contributed by atoms with Crippen molar-refractivity contribution in [2.24, 2.45) is 0 Å². The fourth-order valence-corrected chi connectivity index (χ4v) is 5.54. The van der Waals surface area contributed by atoms with Gasteiger partial charge in [-0.25, -0.2) is 15.0 Å². The van der Waals surface area contributed by atoms with E-state index in [-0.39, 0.29) is 0 Å². The van der Waals surface area contributed by atoms with Crippen molar-refractivity contribution in [1.29, 1.82) is 0 Å². The summed E-state index contributed by atoms with van der Waals surface area (Å²) in [6.07, 6.45) is 0. The largest absolute Gasteiger partial charge is 0.455 e. The first-order valence-corrected chi connectivity index (χ1v) is 13.6. The second-order valence-electron chi connectivity index (χ2n) is 10.1. The minimum atomic E-state index is 0.608. The number of aromatic nitrogens is 3. The minimum Gasteiger partial charge on any atom is -0.455 e. The molecule has 0 saturated carbocycles. The topological polar surface area (TPSA) is 51.8 Å². The predicted molar refractivity (Wildman–Crippen MR) is 166 cm³/mol. The van der Waals surface area contributed by atoms with Crippen LogP contribution in [0.5, 0.6) is 0 Å².